The maximum atomic E-state index is 11.2. The third-order valence-corrected chi connectivity index (χ3v) is 2.66. The van der Waals surface area contributed by atoms with Crippen LogP contribution in [0.25, 0.3) is 0 Å². The van der Waals surface area contributed by atoms with Gasteiger partial charge in [0.1, 0.15) is 0 Å². The van der Waals surface area contributed by atoms with Gasteiger partial charge in [0.15, 0.2) is 0 Å². The number of nitrogens with one attached hydrogen (secondary N) is 3. The van der Waals surface area contributed by atoms with Crippen molar-refractivity contribution in [3.63, 3.8) is 0 Å². The van der Waals surface area contributed by atoms with Crippen LogP contribution in [0.3, 0.4) is 0 Å². The van der Waals surface area contributed by atoms with E-state index < -0.39 is 0 Å². The van der Waals surface area contributed by atoms with E-state index in [4.69, 9.17) is 0 Å². The van der Waals surface area contributed by atoms with Gasteiger partial charge in [0, 0.05) is 25.2 Å². The first kappa shape index (κ1) is 14.6. The quantitative estimate of drug-likeness (QED) is 0.806. The largest absolute Gasteiger partial charge is 0.354 e. The maximum Gasteiger partial charge on any atom is 0.221 e. The van der Waals surface area contributed by atoms with E-state index in [2.05, 4.69) is 22.0 Å². The van der Waals surface area contributed by atoms with Gasteiger partial charge < -0.3 is 16.0 Å². The summed E-state index contributed by atoms with van der Waals surface area (Å²) < 4.78 is 0. The van der Waals surface area contributed by atoms with Crippen LogP contribution in [0.2, 0.25) is 0 Å². The molecule has 2 amide bonds. The molecule has 2 aromatic carbocycles. The van der Waals surface area contributed by atoms with E-state index in [1.807, 2.05) is 18.2 Å². The molecule has 2 rings (SSSR count). The lowest BCUT2D eigenvalue weighted by Gasteiger charge is -2.12. The highest BCUT2D eigenvalue weighted by Gasteiger charge is 2.04. The highest BCUT2D eigenvalue weighted by Crippen LogP contribution is 2.25. The van der Waals surface area contributed by atoms with E-state index >= 15 is 0 Å². The normalized spacial score (nSPS) is 9.81. The monoisotopic (exact) mass is 282 g/mol. The summed E-state index contributed by atoms with van der Waals surface area (Å²) in [6, 6.07) is 15.5. The van der Waals surface area contributed by atoms with Gasteiger partial charge in [-0.3, -0.25) is 9.59 Å². The number of anilines is 4. The number of benzene rings is 2. The van der Waals surface area contributed by atoms with Crippen LogP contribution in [0.4, 0.5) is 22.7 Å². The fourth-order valence-corrected chi connectivity index (χ4v) is 1.83. The van der Waals surface area contributed by atoms with Gasteiger partial charge in [-0.05, 0) is 42.5 Å². The predicted octanol–water partition coefficient (Wildman–Crippen LogP) is 3.15. The number of carbonyl (C=O) groups is 2. The highest BCUT2D eigenvalue weighted by molar-refractivity contribution is 5.93. The van der Waals surface area contributed by atoms with Crippen LogP contribution in [0, 0.1) is 6.07 Å². The van der Waals surface area contributed by atoms with Gasteiger partial charge in [-0.1, -0.05) is 6.07 Å². The standard InChI is InChI=1S/C16H16N3O2/c1-11(20)17-13-7-9-14(10-8-13)19-16-6-4-3-5-15(16)18-12(2)21/h4-10,19H,1-2H3,(H,17,20)(H,18,21). The van der Waals surface area contributed by atoms with Crippen molar-refractivity contribution in [2.75, 3.05) is 16.0 Å². The Bertz CT molecular complexity index is 651. The lowest BCUT2D eigenvalue weighted by Crippen LogP contribution is -2.08. The van der Waals surface area contributed by atoms with Crippen LogP contribution in [-0.4, -0.2) is 11.8 Å². The Balaban J connectivity index is 2.14. The number of amides is 2. The van der Waals surface area contributed by atoms with E-state index in [1.54, 1.807) is 24.3 Å². The average molecular weight is 282 g/mol. The highest BCUT2D eigenvalue weighted by atomic mass is 16.2. The molecular formula is C16H16N3O2. The first-order chi connectivity index (χ1) is 10.0. The third kappa shape index (κ3) is 4.35. The molecule has 0 unspecified atom stereocenters. The topological polar surface area (TPSA) is 70.2 Å². The molecule has 0 saturated heterocycles. The van der Waals surface area contributed by atoms with E-state index in [1.165, 1.54) is 13.8 Å². The van der Waals surface area contributed by atoms with Gasteiger partial charge >= 0.3 is 0 Å². The number of carbonyl (C=O) groups excluding carboxylic acids is 2. The Kier molecular flexibility index (Phi) is 4.56. The van der Waals surface area contributed by atoms with Gasteiger partial charge in [-0.15, -0.1) is 0 Å². The summed E-state index contributed by atoms with van der Waals surface area (Å²) in [5.41, 5.74) is 3.02. The summed E-state index contributed by atoms with van der Waals surface area (Å²) >= 11 is 0. The summed E-state index contributed by atoms with van der Waals surface area (Å²) in [5, 5.41) is 8.66. The molecule has 0 bridgehead atoms. The zero-order chi connectivity index (χ0) is 15.2. The number of hydrogen-bond donors (Lipinski definition) is 3. The van der Waals surface area contributed by atoms with Crippen LogP contribution in [0.15, 0.2) is 42.5 Å². The number of rotatable bonds is 4. The molecule has 0 aromatic heterocycles. The summed E-state index contributed by atoms with van der Waals surface area (Å²) in [5.74, 6) is -0.249. The van der Waals surface area contributed by atoms with Crippen molar-refractivity contribution < 1.29 is 9.59 Å². The molecule has 0 spiro atoms. The first-order valence-electron chi connectivity index (χ1n) is 6.47. The second kappa shape index (κ2) is 6.56. The average Bonchev–Trinajstić information content (AvgIpc) is 2.42. The van der Waals surface area contributed by atoms with Crippen LogP contribution < -0.4 is 16.0 Å². The zero-order valence-electron chi connectivity index (χ0n) is 11.9. The Morgan fingerprint density at radius 2 is 1.48 bits per heavy atom. The smallest absolute Gasteiger partial charge is 0.221 e. The molecule has 0 fully saturated rings. The van der Waals surface area contributed by atoms with Crippen molar-refractivity contribution in [3.8, 4) is 0 Å². The minimum Gasteiger partial charge on any atom is -0.354 e. The Hall–Kier alpha value is -2.82. The second-order valence-electron chi connectivity index (χ2n) is 4.54. The molecule has 0 aliphatic rings. The van der Waals surface area contributed by atoms with Crippen molar-refractivity contribution in [2.24, 2.45) is 0 Å². The predicted molar refractivity (Wildman–Crippen MR) is 83.6 cm³/mol. The number of hydrogen-bond acceptors (Lipinski definition) is 3. The van der Waals surface area contributed by atoms with Crippen molar-refractivity contribution in [1.82, 2.24) is 0 Å². The molecule has 5 nitrogen and oxygen atoms in total. The van der Waals surface area contributed by atoms with Crippen LogP contribution in [-0.2, 0) is 9.59 Å². The SMILES string of the molecule is CC(=O)Nc1ccc(Nc2cc[c]cc2NC(C)=O)cc1. The Morgan fingerprint density at radius 1 is 0.857 bits per heavy atom. The summed E-state index contributed by atoms with van der Waals surface area (Å²) in [6.45, 7) is 2.92. The minimum absolute atomic E-state index is 0.109. The van der Waals surface area contributed by atoms with Gasteiger partial charge in [-0.2, -0.15) is 0 Å². The Morgan fingerprint density at radius 3 is 2.10 bits per heavy atom. The molecule has 0 aliphatic carbocycles. The minimum atomic E-state index is -0.140. The molecule has 0 atom stereocenters. The lowest BCUT2D eigenvalue weighted by atomic mass is 10.2. The summed E-state index contributed by atoms with van der Waals surface area (Å²) in [7, 11) is 0. The Labute approximate surface area is 123 Å². The fourth-order valence-electron chi connectivity index (χ4n) is 1.83. The van der Waals surface area contributed by atoms with Crippen molar-refractivity contribution in [3.05, 3.63) is 48.5 Å². The van der Waals surface area contributed by atoms with E-state index in [0.29, 0.717) is 5.69 Å². The van der Waals surface area contributed by atoms with E-state index in [9.17, 15) is 9.59 Å². The van der Waals surface area contributed by atoms with Gasteiger partial charge in [-0.25, -0.2) is 0 Å². The molecule has 0 aliphatic heterocycles. The van der Waals surface area contributed by atoms with E-state index in [0.717, 1.165) is 17.1 Å². The van der Waals surface area contributed by atoms with Crippen LogP contribution in [0.5, 0.6) is 0 Å². The molecule has 107 valence electrons. The molecule has 0 heterocycles. The van der Waals surface area contributed by atoms with E-state index in [-0.39, 0.29) is 11.8 Å². The molecule has 3 N–H and O–H groups in total. The van der Waals surface area contributed by atoms with Crippen molar-refractivity contribution in [2.45, 2.75) is 13.8 Å². The second-order valence-corrected chi connectivity index (χ2v) is 4.54. The molecule has 21 heavy (non-hydrogen) atoms. The fraction of sp³-hybridized carbons (Fsp3) is 0.125. The third-order valence-electron chi connectivity index (χ3n) is 2.66. The first-order valence-corrected chi connectivity index (χ1v) is 6.47. The molecular weight excluding hydrogens is 266 g/mol. The molecule has 1 radical (unpaired) electrons. The van der Waals surface area contributed by atoms with Crippen LogP contribution in [0.1, 0.15) is 13.8 Å². The molecule has 5 heteroatoms. The molecule has 0 saturated carbocycles. The van der Waals surface area contributed by atoms with Gasteiger partial charge in [0.05, 0.1) is 11.4 Å². The zero-order valence-corrected chi connectivity index (χ0v) is 11.9. The lowest BCUT2D eigenvalue weighted by molar-refractivity contribution is -0.115. The summed E-state index contributed by atoms with van der Waals surface area (Å²) in [4.78, 5) is 22.1. The van der Waals surface area contributed by atoms with Crippen molar-refractivity contribution >= 4 is 34.6 Å². The van der Waals surface area contributed by atoms with Gasteiger partial charge in [0.25, 0.3) is 0 Å². The van der Waals surface area contributed by atoms with Crippen molar-refractivity contribution in [1.29, 1.82) is 0 Å². The summed E-state index contributed by atoms with van der Waals surface area (Å²) in [6.07, 6.45) is 0. The maximum absolute atomic E-state index is 11.2. The van der Waals surface area contributed by atoms with Gasteiger partial charge in [0.2, 0.25) is 11.8 Å². The molecule has 2 aromatic rings. The van der Waals surface area contributed by atoms with Crippen LogP contribution >= 0.6 is 0 Å².